The summed E-state index contributed by atoms with van der Waals surface area (Å²) in [6.07, 6.45) is 1.09. The van der Waals surface area contributed by atoms with Crippen molar-refractivity contribution in [1.82, 2.24) is 35.2 Å². The number of likely N-dealkylation sites (tertiary alicyclic amines) is 1. The molecule has 188 valence electrons. The van der Waals surface area contributed by atoms with Gasteiger partial charge in [0, 0.05) is 33.3 Å². The number of hydrogen-bond donors (Lipinski definition) is 3. The van der Waals surface area contributed by atoms with Gasteiger partial charge in [-0.15, -0.1) is 10.2 Å². The van der Waals surface area contributed by atoms with Crippen LogP contribution in [0.2, 0.25) is 0 Å². The number of hydrogen-bond acceptors (Lipinski definition) is 10. The summed E-state index contributed by atoms with van der Waals surface area (Å²) in [5, 5.41) is 20.7. The van der Waals surface area contributed by atoms with Crippen molar-refractivity contribution in [3.8, 4) is 17.1 Å². The number of anilines is 3. The van der Waals surface area contributed by atoms with Crippen LogP contribution in [0.4, 0.5) is 22.0 Å². The number of methoxy groups -OCH3 is 2. The van der Waals surface area contributed by atoms with Crippen LogP contribution in [0.15, 0.2) is 30.6 Å². The monoisotopic (exact) mass is 495 g/mol. The van der Waals surface area contributed by atoms with Crippen LogP contribution in [0.1, 0.15) is 10.5 Å². The average Bonchev–Trinajstić information content (AvgIpc) is 3.28. The van der Waals surface area contributed by atoms with Crippen molar-refractivity contribution in [3.63, 3.8) is 0 Å². The van der Waals surface area contributed by atoms with Crippen LogP contribution >= 0.6 is 0 Å². The molecule has 14 nitrogen and oxygen atoms in total. The van der Waals surface area contributed by atoms with E-state index in [1.807, 2.05) is 6.07 Å². The van der Waals surface area contributed by atoms with Gasteiger partial charge in [-0.05, 0) is 12.1 Å². The molecule has 3 heterocycles. The van der Waals surface area contributed by atoms with Crippen molar-refractivity contribution in [1.29, 1.82) is 0 Å². The van der Waals surface area contributed by atoms with E-state index >= 15 is 0 Å². The fourth-order valence-corrected chi connectivity index (χ4v) is 3.62. The molecule has 0 atom stereocenters. The van der Waals surface area contributed by atoms with E-state index < -0.39 is 17.9 Å². The molecular weight excluding hydrogens is 470 g/mol. The molecule has 1 saturated heterocycles. The number of ether oxygens (including phenoxy) is 2. The number of aryl methyl sites for hydroxylation is 1. The van der Waals surface area contributed by atoms with Crippen LogP contribution in [-0.2, 0) is 16.6 Å². The van der Waals surface area contributed by atoms with Gasteiger partial charge < -0.3 is 30.3 Å². The lowest BCUT2D eigenvalue weighted by molar-refractivity contribution is -0.124. The van der Waals surface area contributed by atoms with E-state index in [0.29, 0.717) is 22.8 Å². The number of para-hydroxylation sites is 1. The second-order valence-electron chi connectivity index (χ2n) is 7.89. The number of nitrogens with one attached hydrogen (secondary N) is 3. The molecule has 1 aliphatic rings. The van der Waals surface area contributed by atoms with Crippen LogP contribution in [0.5, 0.6) is 5.75 Å². The molecule has 0 radical (unpaired) electrons. The van der Waals surface area contributed by atoms with E-state index in [2.05, 4.69) is 41.0 Å². The molecule has 14 heteroatoms. The van der Waals surface area contributed by atoms with Crippen LogP contribution in [0, 0.1) is 5.92 Å². The third-order valence-corrected chi connectivity index (χ3v) is 5.50. The maximum absolute atomic E-state index is 12.6. The van der Waals surface area contributed by atoms with Crippen molar-refractivity contribution < 1.29 is 23.9 Å². The van der Waals surface area contributed by atoms with Crippen LogP contribution < -0.4 is 20.7 Å². The zero-order valence-electron chi connectivity index (χ0n) is 20.1. The van der Waals surface area contributed by atoms with Gasteiger partial charge in [0.15, 0.2) is 23.1 Å². The molecule has 0 unspecified atom stereocenters. The maximum Gasteiger partial charge on any atom is 0.409 e. The highest BCUT2D eigenvalue weighted by molar-refractivity contribution is 6.00. The van der Waals surface area contributed by atoms with E-state index in [0.717, 1.165) is 0 Å². The minimum Gasteiger partial charge on any atom is -0.494 e. The van der Waals surface area contributed by atoms with Crippen LogP contribution in [-0.4, -0.2) is 82.1 Å². The predicted molar refractivity (Wildman–Crippen MR) is 128 cm³/mol. The Morgan fingerprint density at radius 3 is 2.53 bits per heavy atom. The third kappa shape index (κ3) is 4.87. The smallest absolute Gasteiger partial charge is 0.409 e. The Balaban J connectivity index is 1.60. The fraction of sp³-hybridized carbons (Fsp3) is 0.318. The van der Waals surface area contributed by atoms with Gasteiger partial charge in [-0.25, -0.2) is 9.78 Å². The molecule has 0 spiro atoms. The minimum absolute atomic E-state index is 0.0134. The quantitative estimate of drug-likeness (QED) is 0.431. The van der Waals surface area contributed by atoms with Crippen LogP contribution in [0.25, 0.3) is 11.4 Å². The Hall–Kier alpha value is -4.75. The molecule has 3 aromatic rings. The molecule has 3 N–H and O–H groups in total. The molecule has 1 aliphatic heterocycles. The summed E-state index contributed by atoms with van der Waals surface area (Å²) in [7, 11) is 6.03. The number of aromatic nitrogens is 5. The molecule has 0 aliphatic carbocycles. The molecular formula is C22H25N9O5. The molecule has 36 heavy (non-hydrogen) atoms. The SMILES string of the molecule is CNC(=O)c1nnc(NC(=O)C2CN(C(=O)OC)C2)cc1Nc1cccc(-c2ncn(C)n2)c1OC. The van der Waals surface area contributed by atoms with Gasteiger partial charge in [0.2, 0.25) is 5.91 Å². The van der Waals surface area contributed by atoms with Gasteiger partial charge in [0.25, 0.3) is 5.91 Å². The number of carbonyl (C=O) groups excluding carboxylic acids is 3. The first-order chi connectivity index (χ1) is 17.3. The number of carbonyl (C=O) groups is 3. The van der Waals surface area contributed by atoms with Crippen molar-refractivity contribution >= 4 is 35.1 Å². The predicted octanol–water partition coefficient (Wildman–Crippen LogP) is 1.02. The van der Waals surface area contributed by atoms with E-state index in [4.69, 9.17) is 4.74 Å². The van der Waals surface area contributed by atoms with E-state index in [-0.39, 0.29) is 36.2 Å². The first-order valence-electron chi connectivity index (χ1n) is 10.9. The zero-order valence-corrected chi connectivity index (χ0v) is 20.1. The normalized spacial score (nSPS) is 12.9. The lowest BCUT2D eigenvalue weighted by atomic mass is 10.00. The fourth-order valence-electron chi connectivity index (χ4n) is 3.62. The molecule has 1 aromatic carbocycles. The highest BCUT2D eigenvalue weighted by Gasteiger charge is 2.36. The second kappa shape index (κ2) is 10.2. The third-order valence-electron chi connectivity index (χ3n) is 5.50. The Labute approximate surface area is 206 Å². The van der Waals surface area contributed by atoms with Gasteiger partial charge >= 0.3 is 6.09 Å². The Kier molecular flexibility index (Phi) is 6.94. The van der Waals surface area contributed by atoms with Crippen molar-refractivity contribution in [3.05, 3.63) is 36.3 Å². The number of nitrogens with zero attached hydrogens (tertiary/aromatic N) is 6. The Bertz CT molecular complexity index is 1300. The van der Waals surface area contributed by atoms with Gasteiger partial charge in [-0.3, -0.25) is 14.3 Å². The topological polar surface area (TPSA) is 165 Å². The molecule has 1 fully saturated rings. The van der Waals surface area contributed by atoms with Crippen LogP contribution in [0.3, 0.4) is 0 Å². The molecule has 4 rings (SSSR count). The summed E-state index contributed by atoms with van der Waals surface area (Å²) in [4.78, 5) is 42.3. The summed E-state index contributed by atoms with van der Waals surface area (Å²) in [6.45, 7) is 0.470. The summed E-state index contributed by atoms with van der Waals surface area (Å²) >= 11 is 0. The Morgan fingerprint density at radius 2 is 1.89 bits per heavy atom. The molecule has 0 saturated carbocycles. The van der Waals surface area contributed by atoms with Gasteiger partial charge in [-0.1, -0.05) is 6.07 Å². The van der Waals surface area contributed by atoms with Crippen molar-refractivity contribution in [2.24, 2.45) is 13.0 Å². The average molecular weight is 496 g/mol. The number of benzene rings is 1. The molecule has 3 amide bonds. The van der Waals surface area contributed by atoms with Crippen molar-refractivity contribution in [2.45, 2.75) is 0 Å². The summed E-state index contributed by atoms with van der Waals surface area (Å²) in [5.41, 5.74) is 1.46. The lowest BCUT2D eigenvalue weighted by Crippen LogP contribution is -2.54. The summed E-state index contributed by atoms with van der Waals surface area (Å²) < 4.78 is 11.8. The van der Waals surface area contributed by atoms with Gasteiger partial charge in [-0.2, -0.15) is 5.10 Å². The molecule has 2 aromatic heterocycles. The van der Waals surface area contributed by atoms with E-state index in [1.54, 1.807) is 30.2 Å². The summed E-state index contributed by atoms with van der Waals surface area (Å²) in [5.74, 6) is -0.170. The second-order valence-corrected chi connectivity index (χ2v) is 7.89. The molecule has 0 bridgehead atoms. The van der Waals surface area contributed by atoms with Crippen molar-refractivity contribution in [2.75, 3.05) is 45.0 Å². The zero-order chi connectivity index (χ0) is 25.8. The first kappa shape index (κ1) is 24.4. The summed E-state index contributed by atoms with van der Waals surface area (Å²) in [6, 6.07) is 6.85. The van der Waals surface area contributed by atoms with E-state index in [9.17, 15) is 14.4 Å². The first-order valence-corrected chi connectivity index (χ1v) is 10.9. The number of rotatable bonds is 7. The van der Waals surface area contributed by atoms with Gasteiger partial charge in [0.05, 0.1) is 37.1 Å². The largest absolute Gasteiger partial charge is 0.494 e. The maximum atomic E-state index is 12.6. The lowest BCUT2D eigenvalue weighted by Gasteiger charge is -2.36. The standard InChI is InChI=1S/C22H25N9O5/c1-23-21(33)17-15(8-16(27-28-17)26-20(32)12-9-31(10-12)22(34)36-4)25-14-7-5-6-13(18(14)35-3)19-24-11-30(2)29-19/h5-8,11-12H,9-10H2,1-4H3,(H,23,33)(H2,25,26,27,32). The highest BCUT2D eigenvalue weighted by Crippen LogP contribution is 2.37. The number of amides is 3. The Morgan fingerprint density at radius 1 is 1.11 bits per heavy atom. The highest BCUT2D eigenvalue weighted by atomic mass is 16.5. The minimum atomic E-state index is -0.489. The van der Waals surface area contributed by atoms with Gasteiger partial charge in [0.1, 0.15) is 6.33 Å². The van der Waals surface area contributed by atoms with E-state index in [1.165, 1.54) is 32.2 Å².